The molecule has 0 aliphatic carbocycles. The molecule has 4 aromatic rings. The number of unbranched alkanes of at least 4 members (excludes halogenated alkanes) is 1. The number of aryl methyl sites for hydroxylation is 1. The predicted octanol–water partition coefficient (Wildman–Crippen LogP) is 4.55. The molecule has 0 unspecified atom stereocenters. The number of piperazine rings is 1. The third kappa shape index (κ3) is 5.04. The molecule has 0 radical (unpaired) electrons. The summed E-state index contributed by atoms with van der Waals surface area (Å²) in [7, 11) is 0. The van der Waals surface area contributed by atoms with E-state index in [0.29, 0.717) is 25.9 Å². The lowest BCUT2D eigenvalue weighted by atomic mass is 10.1. The number of benzene rings is 2. The van der Waals surface area contributed by atoms with Crippen LogP contribution in [0, 0.1) is 6.92 Å². The number of aromatic nitrogens is 4. The quantitative estimate of drug-likeness (QED) is 0.398. The highest BCUT2D eigenvalue weighted by Crippen LogP contribution is 2.27. The first kappa shape index (κ1) is 23.0. The Labute approximate surface area is 206 Å². The zero-order valence-corrected chi connectivity index (χ0v) is 20.5. The SMILES string of the molecule is CCCCC(=O)N1CCN(c2nc(Cc3ccc(C)cc3)nc3c2cnn3-c2ccccc2)CC1. The molecule has 0 bridgehead atoms. The third-order valence-electron chi connectivity index (χ3n) is 6.61. The molecule has 1 amide bonds. The van der Waals surface area contributed by atoms with Crippen LogP contribution in [0.25, 0.3) is 16.7 Å². The minimum atomic E-state index is 0.260. The normalized spacial score (nSPS) is 14.0. The maximum Gasteiger partial charge on any atom is 0.222 e. The van der Waals surface area contributed by atoms with Crippen molar-refractivity contribution in [3.05, 3.63) is 77.7 Å². The molecule has 0 atom stereocenters. The van der Waals surface area contributed by atoms with Crippen LogP contribution in [-0.2, 0) is 11.2 Å². The summed E-state index contributed by atoms with van der Waals surface area (Å²) >= 11 is 0. The van der Waals surface area contributed by atoms with Crippen molar-refractivity contribution in [2.75, 3.05) is 31.1 Å². The van der Waals surface area contributed by atoms with E-state index < -0.39 is 0 Å². The van der Waals surface area contributed by atoms with Crippen LogP contribution in [0.15, 0.2) is 60.8 Å². The number of hydrogen-bond acceptors (Lipinski definition) is 5. The highest BCUT2D eigenvalue weighted by atomic mass is 16.2. The van der Waals surface area contributed by atoms with E-state index in [1.54, 1.807) is 0 Å². The van der Waals surface area contributed by atoms with Gasteiger partial charge in [0.1, 0.15) is 11.6 Å². The van der Waals surface area contributed by atoms with Crippen molar-refractivity contribution < 1.29 is 4.79 Å². The number of anilines is 1. The number of hydrogen-bond donors (Lipinski definition) is 0. The highest BCUT2D eigenvalue weighted by molar-refractivity contribution is 5.88. The first-order valence-electron chi connectivity index (χ1n) is 12.5. The largest absolute Gasteiger partial charge is 0.352 e. The second-order valence-electron chi connectivity index (χ2n) is 9.23. The van der Waals surface area contributed by atoms with E-state index in [1.807, 2.05) is 46.1 Å². The first-order valence-corrected chi connectivity index (χ1v) is 12.5. The fourth-order valence-electron chi connectivity index (χ4n) is 4.56. The second-order valence-corrected chi connectivity index (χ2v) is 9.23. The van der Waals surface area contributed by atoms with Crippen LogP contribution < -0.4 is 4.90 Å². The molecule has 35 heavy (non-hydrogen) atoms. The molecule has 3 heterocycles. The van der Waals surface area contributed by atoms with Gasteiger partial charge in [-0.15, -0.1) is 0 Å². The van der Waals surface area contributed by atoms with E-state index in [1.165, 1.54) is 11.1 Å². The van der Waals surface area contributed by atoms with Gasteiger partial charge in [-0.05, 0) is 31.0 Å². The van der Waals surface area contributed by atoms with Gasteiger partial charge in [0, 0.05) is 39.0 Å². The molecular formula is C28H32N6O. The highest BCUT2D eigenvalue weighted by Gasteiger charge is 2.25. The van der Waals surface area contributed by atoms with Crippen LogP contribution in [0.3, 0.4) is 0 Å². The van der Waals surface area contributed by atoms with Gasteiger partial charge in [-0.25, -0.2) is 14.6 Å². The Morgan fingerprint density at radius 1 is 0.943 bits per heavy atom. The van der Waals surface area contributed by atoms with Gasteiger partial charge < -0.3 is 9.80 Å². The standard InChI is InChI=1S/C28H32N6O/c1-3-4-10-26(35)32-15-17-33(18-16-32)27-24-20-29-34(23-8-6-5-7-9-23)28(24)31-25(30-27)19-22-13-11-21(2)12-14-22/h5-9,11-14,20H,3-4,10,15-19H2,1-2H3. The van der Waals surface area contributed by atoms with Gasteiger partial charge in [0.2, 0.25) is 5.91 Å². The summed E-state index contributed by atoms with van der Waals surface area (Å²) in [6.45, 7) is 7.15. The Bertz CT molecular complexity index is 1290. The van der Waals surface area contributed by atoms with Gasteiger partial charge in [0.15, 0.2) is 5.65 Å². The van der Waals surface area contributed by atoms with E-state index in [-0.39, 0.29) is 5.91 Å². The summed E-state index contributed by atoms with van der Waals surface area (Å²) in [4.78, 5) is 26.8. The van der Waals surface area contributed by atoms with Crippen molar-refractivity contribution in [3.63, 3.8) is 0 Å². The van der Waals surface area contributed by atoms with Crippen molar-refractivity contribution in [2.45, 2.75) is 39.5 Å². The number of carbonyl (C=O) groups excluding carboxylic acids is 1. The Kier molecular flexibility index (Phi) is 6.75. The molecule has 1 aliphatic rings. The molecule has 0 N–H and O–H groups in total. The van der Waals surface area contributed by atoms with Crippen molar-refractivity contribution >= 4 is 22.8 Å². The van der Waals surface area contributed by atoms with E-state index in [4.69, 9.17) is 9.97 Å². The molecule has 7 nitrogen and oxygen atoms in total. The summed E-state index contributed by atoms with van der Waals surface area (Å²) in [6, 6.07) is 18.6. The first-order chi connectivity index (χ1) is 17.1. The number of nitrogens with zero attached hydrogens (tertiary/aromatic N) is 6. The number of carbonyl (C=O) groups is 1. The fraction of sp³-hybridized carbons (Fsp3) is 0.357. The van der Waals surface area contributed by atoms with Crippen LogP contribution in [-0.4, -0.2) is 56.7 Å². The number of fused-ring (bicyclic) bond motifs is 1. The Morgan fingerprint density at radius 3 is 2.40 bits per heavy atom. The second kappa shape index (κ2) is 10.3. The lowest BCUT2D eigenvalue weighted by Gasteiger charge is -2.35. The average Bonchev–Trinajstić information content (AvgIpc) is 3.33. The predicted molar refractivity (Wildman–Crippen MR) is 139 cm³/mol. The van der Waals surface area contributed by atoms with E-state index in [0.717, 1.165) is 54.3 Å². The minimum Gasteiger partial charge on any atom is -0.352 e. The summed E-state index contributed by atoms with van der Waals surface area (Å²) in [5.74, 6) is 1.94. The number of amides is 1. The monoisotopic (exact) mass is 468 g/mol. The van der Waals surface area contributed by atoms with E-state index in [2.05, 4.69) is 48.1 Å². The average molecular weight is 469 g/mol. The Hall–Kier alpha value is -3.74. The smallest absolute Gasteiger partial charge is 0.222 e. The van der Waals surface area contributed by atoms with Crippen LogP contribution in [0.1, 0.15) is 43.1 Å². The number of rotatable bonds is 7. The van der Waals surface area contributed by atoms with E-state index in [9.17, 15) is 4.79 Å². The van der Waals surface area contributed by atoms with Gasteiger partial charge in [-0.1, -0.05) is 61.4 Å². The topological polar surface area (TPSA) is 67.2 Å². The fourth-order valence-corrected chi connectivity index (χ4v) is 4.56. The zero-order chi connectivity index (χ0) is 24.2. The third-order valence-corrected chi connectivity index (χ3v) is 6.61. The zero-order valence-electron chi connectivity index (χ0n) is 20.5. The van der Waals surface area contributed by atoms with Crippen LogP contribution >= 0.6 is 0 Å². The molecule has 1 fully saturated rings. The maximum absolute atomic E-state index is 12.5. The summed E-state index contributed by atoms with van der Waals surface area (Å²) in [6.07, 6.45) is 5.15. The molecule has 2 aromatic carbocycles. The molecule has 7 heteroatoms. The van der Waals surface area contributed by atoms with Crippen LogP contribution in [0.5, 0.6) is 0 Å². The van der Waals surface area contributed by atoms with Gasteiger partial charge in [0.25, 0.3) is 0 Å². The molecule has 5 rings (SSSR count). The van der Waals surface area contributed by atoms with Crippen molar-refractivity contribution in [1.29, 1.82) is 0 Å². The van der Waals surface area contributed by atoms with Crippen LogP contribution in [0.4, 0.5) is 5.82 Å². The minimum absolute atomic E-state index is 0.260. The van der Waals surface area contributed by atoms with Crippen LogP contribution in [0.2, 0.25) is 0 Å². The lowest BCUT2D eigenvalue weighted by Crippen LogP contribution is -2.49. The Morgan fingerprint density at radius 2 is 1.69 bits per heavy atom. The van der Waals surface area contributed by atoms with Gasteiger partial charge in [-0.2, -0.15) is 5.10 Å². The maximum atomic E-state index is 12.5. The van der Waals surface area contributed by atoms with Crippen molar-refractivity contribution in [3.8, 4) is 5.69 Å². The summed E-state index contributed by atoms with van der Waals surface area (Å²) in [5, 5.41) is 5.62. The van der Waals surface area contributed by atoms with Gasteiger partial charge in [0.05, 0.1) is 17.3 Å². The molecule has 0 spiro atoms. The van der Waals surface area contributed by atoms with E-state index >= 15 is 0 Å². The molecule has 0 saturated carbocycles. The van der Waals surface area contributed by atoms with Gasteiger partial charge in [-0.3, -0.25) is 4.79 Å². The summed E-state index contributed by atoms with van der Waals surface area (Å²) in [5.41, 5.74) is 4.20. The Balaban J connectivity index is 1.48. The lowest BCUT2D eigenvalue weighted by molar-refractivity contribution is -0.131. The molecule has 1 aliphatic heterocycles. The molecule has 180 valence electrons. The summed E-state index contributed by atoms with van der Waals surface area (Å²) < 4.78 is 1.89. The van der Waals surface area contributed by atoms with Crippen molar-refractivity contribution in [2.24, 2.45) is 0 Å². The molecule has 2 aromatic heterocycles. The molecular weight excluding hydrogens is 436 g/mol. The molecule has 1 saturated heterocycles. The number of para-hydroxylation sites is 1. The van der Waals surface area contributed by atoms with Crippen molar-refractivity contribution in [1.82, 2.24) is 24.6 Å². The van der Waals surface area contributed by atoms with Gasteiger partial charge >= 0.3 is 0 Å².